The topological polar surface area (TPSA) is 46.6 Å². The van der Waals surface area contributed by atoms with Gasteiger partial charge < -0.3 is 9.64 Å². The highest BCUT2D eigenvalue weighted by Gasteiger charge is 2.45. The van der Waals surface area contributed by atoms with E-state index in [4.69, 9.17) is 4.74 Å². The minimum atomic E-state index is -0.478. The van der Waals surface area contributed by atoms with Gasteiger partial charge in [-0.05, 0) is 53.4 Å². The van der Waals surface area contributed by atoms with Crippen molar-refractivity contribution in [3.63, 3.8) is 0 Å². The van der Waals surface area contributed by atoms with E-state index in [-0.39, 0.29) is 29.9 Å². The first-order valence-corrected chi connectivity index (χ1v) is 7.31. The van der Waals surface area contributed by atoms with E-state index >= 15 is 0 Å². The molecule has 2 rings (SSSR count). The van der Waals surface area contributed by atoms with Gasteiger partial charge >= 0.3 is 6.09 Å². The Hall–Kier alpha value is -1.06. The second kappa shape index (κ2) is 5.14. The molecule has 0 aromatic heterocycles. The third-order valence-electron chi connectivity index (χ3n) is 4.19. The van der Waals surface area contributed by atoms with Gasteiger partial charge in [0.25, 0.3) is 0 Å². The summed E-state index contributed by atoms with van der Waals surface area (Å²) >= 11 is 0. The second-order valence-electron chi connectivity index (χ2n) is 6.83. The second-order valence-corrected chi connectivity index (χ2v) is 6.83. The summed E-state index contributed by atoms with van der Waals surface area (Å²) in [4.78, 5) is 26.1. The van der Waals surface area contributed by atoms with Crippen LogP contribution in [0.5, 0.6) is 0 Å². The van der Waals surface area contributed by atoms with Crippen LogP contribution in [0.25, 0.3) is 0 Å². The molecule has 0 aromatic rings. The normalized spacial score (nSPS) is 30.9. The lowest BCUT2D eigenvalue weighted by atomic mass is 9.88. The van der Waals surface area contributed by atoms with Crippen LogP contribution in [0.4, 0.5) is 4.79 Å². The lowest BCUT2D eigenvalue weighted by Gasteiger charge is -2.33. The number of carbonyl (C=O) groups is 2. The van der Waals surface area contributed by atoms with Gasteiger partial charge in [-0.1, -0.05) is 6.42 Å². The van der Waals surface area contributed by atoms with Gasteiger partial charge in [-0.3, -0.25) is 4.79 Å². The minimum Gasteiger partial charge on any atom is -0.444 e. The van der Waals surface area contributed by atoms with Crippen molar-refractivity contribution in [3.8, 4) is 0 Å². The van der Waals surface area contributed by atoms with Gasteiger partial charge in [-0.2, -0.15) is 0 Å². The van der Waals surface area contributed by atoms with Gasteiger partial charge in [0.1, 0.15) is 11.4 Å². The summed E-state index contributed by atoms with van der Waals surface area (Å²) in [6, 6.07) is 0.323. The zero-order valence-corrected chi connectivity index (χ0v) is 12.4. The van der Waals surface area contributed by atoms with Gasteiger partial charge in [0.2, 0.25) is 0 Å². The molecular formula is C15H25NO3. The highest BCUT2D eigenvalue weighted by molar-refractivity contribution is 5.80. The molecule has 0 aliphatic carbocycles. The van der Waals surface area contributed by atoms with Crippen molar-refractivity contribution >= 4 is 11.9 Å². The van der Waals surface area contributed by atoms with Crippen molar-refractivity contribution in [3.05, 3.63) is 0 Å². The number of hydrogen-bond acceptors (Lipinski definition) is 3. The van der Waals surface area contributed by atoms with Crippen LogP contribution < -0.4 is 0 Å². The number of rotatable bonds is 1. The van der Waals surface area contributed by atoms with Crippen molar-refractivity contribution in [2.45, 2.75) is 77.5 Å². The van der Waals surface area contributed by atoms with E-state index < -0.39 is 5.60 Å². The predicted octanol–water partition coefficient (Wildman–Crippen LogP) is 3.14. The summed E-state index contributed by atoms with van der Waals surface area (Å²) < 4.78 is 5.52. The molecule has 3 atom stereocenters. The lowest BCUT2D eigenvalue weighted by molar-refractivity contribution is -0.122. The number of ketones is 1. The Balaban J connectivity index is 2.18. The number of nitrogens with zero attached hydrogens (tertiary/aromatic N) is 1. The Bertz CT molecular complexity index is 372. The van der Waals surface area contributed by atoms with Gasteiger partial charge in [-0.15, -0.1) is 0 Å². The number of amides is 1. The monoisotopic (exact) mass is 267 g/mol. The Labute approximate surface area is 115 Å². The van der Waals surface area contributed by atoms with Crippen LogP contribution in [0, 0.1) is 5.92 Å². The first kappa shape index (κ1) is 14.4. The fourth-order valence-electron chi connectivity index (χ4n) is 3.43. The molecular weight excluding hydrogens is 242 g/mol. The first-order valence-electron chi connectivity index (χ1n) is 7.31. The maximum Gasteiger partial charge on any atom is 0.410 e. The standard InChI is InChI=1S/C15H25NO3/c1-10(17)12-7-5-6-11-8-9-13(12)16(11)14(18)19-15(2,3)4/h11-13H,5-9H2,1-4H3. The fourth-order valence-corrected chi connectivity index (χ4v) is 3.43. The molecule has 2 bridgehead atoms. The third-order valence-corrected chi connectivity index (χ3v) is 4.19. The molecule has 2 aliphatic rings. The highest BCUT2D eigenvalue weighted by Crippen LogP contribution is 2.38. The van der Waals surface area contributed by atoms with E-state index in [2.05, 4.69) is 0 Å². The SMILES string of the molecule is CC(=O)C1CCCC2CCC1N2C(=O)OC(C)(C)C. The van der Waals surface area contributed by atoms with Crippen molar-refractivity contribution in [1.29, 1.82) is 0 Å². The molecule has 2 aliphatic heterocycles. The third kappa shape index (κ3) is 3.10. The molecule has 108 valence electrons. The molecule has 2 fully saturated rings. The lowest BCUT2D eigenvalue weighted by Crippen LogP contribution is -2.46. The molecule has 2 saturated heterocycles. The van der Waals surface area contributed by atoms with Crippen LogP contribution in [-0.2, 0) is 9.53 Å². The van der Waals surface area contributed by atoms with Crippen LogP contribution in [0.3, 0.4) is 0 Å². The smallest absolute Gasteiger partial charge is 0.410 e. The summed E-state index contributed by atoms with van der Waals surface area (Å²) in [5.41, 5.74) is -0.478. The average molecular weight is 267 g/mol. The summed E-state index contributed by atoms with van der Waals surface area (Å²) in [5, 5.41) is 0. The van der Waals surface area contributed by atoms with E-state index in [1.807, 2.05) is 25.7 Å². The Morgan fingerprint density at radius 2 is 1.79 bits per heavy atom. The quantitative estimate of drug-likeness (QED) is 0.733. The molecule has 2 heterocycles. The van der Waals surface area contributed by atoms with E-state index in [0.29, 0.717) is 0 Å². The average Bonchev–Trinajstić information content (AvgIpc) is 2.51. The molecule has 19 heavy (non-hydrogen) atoms. The van der Waals surface area contributed by atoms with E-state index in [0.717, 1.165) is 32.1 Å². The van der Waals surface area contributed by atoms with Gasteiger partial charge in [-0.25, -0.2) is 4.79 Å². The number of carbonyl (C=O) groups excluding carboxylic acids is 2. The zero-order chi connectivity index (χ0) is 14.2. The molecule has 0 spiro atoms. The van der Waals surface area contributed by atoms with Crippen LogP contribution in [0.1, 0.15) is 59.8 Å². The minimum absolute atomic E-state index is 0.0000170. The summed E-state index contributed by atoms with van der Waals surface area (Å²) in [5.74, 6) is 0.209. The van der Waals surface area contributed by atoms with Crippen LogP contribution in [0.15, 0.2) is 0 Å². The number of fused-ring (bicyclic) bond motifs is 2. The van der Waals surface area contributed by atoms with E-state index in [9.17, 15) is 9.59 Å². The molecule has 0 saturated carbocycles. The Kier molecular flexibility index (Phi) is 3.88. The largest absolute Gasteiger partial charge is 0.444 e. The molecule has 0 aromatic carbocycles. The highest BCUT2D eigenvalue weighted by atomic mass is 16.6. The fraction of sp³-hybridized carbons (Fsp3) is 0.867. The van der Waals surface area contributed by atoms with Gasteiger partial charge in [0.15, 0.2) is 0 Å². The maximum absolute atomic E-state index is 12.4. The van der Waals surface area contributed by atoms with Crippen LogP contribution in [0.2, 0.25) is 0 Å². The van der Waals surface area contributed by atoms with Crippen molar-refractivity contribution in [2.24, 2.45) is 5.92 Å². The number of ether oxygens (including phenoxy) is 1. The Morgan fingerprint density at radius 3 is 2.37 bits per heavy atom. The van der Waals surface area contributed by atoms with Crippen molar-refractivity contribution in [2.75, 3.05) is 0 Å². The van der Waals surface area contributed by atoms with E-state index in [1.54, 1.807) is 6.92 Å². The van der Waals surface area contributed by atoms with Crippen molar-refractivity contribution < 1.29 is 14.3 Å². The molecule has 4 nitrogen and oxygen atoms in total. The maximum atomic E-state index is 12.4. The summed E-state index contributed by atoms with van der Waals surface area (Å²) in [6.07, 6.45) is 4.65. The number of Topliss-reactive ketones (excluding diaryl/α,β-unsaturated/α-hetero) is 1. The molecule has 3 unspecified atom stereocenters. The van der Waals surface area contributed by atoms with Crippen LogP contribution >= 0.6 is 0 Å². The molecule has 0 N–H and O–H groups in total. The molecule has 1 amide bonds. The summed E-state index contributed by atoms with van der Waals surface area (Å²) in [7, 11) is 0. The van der Waals surface area contributed by atoms with Crippen LogP contribution in [-0.4, -0.2) is 34.5 Å². The molecule has 4 heteroatoms. The summed E-state index contributed by atoms with van der Waals surface area (Å²) in [6.45, 7) is 7.30. The predicted molar refractivity (Wildman–Crippen MR) is 72.9 cm³/mol. The van der Waals surface area contributed by atoms with Crippen molar-refractivity contribution in [1.82, 2.24) is 4.90 Å². The number of hydrogen-bond donors (Lipinski definition) is 0. The Morgan fingerprint density at radius 1 is 1.11 bits per heavy atom. The first-order chi connectivity index (χ1) is 8.79. The van der Waals surface area contributed by atoms with E-state index in [1.165, 1.54) is 0 Å². The van der Waals surface area contributed by atoms with Gasteiger partial charge in [0, 0.05) is 18.0 Å². The molecule has 0 radical (unpaired) electrons. The zero-order valence-electron chi connectivity index (χ0n) is 12.4. The van der Waals surface area contributed by atoms with Gasteiger partial charge in [0.05, 0.1) is 0 Å².